The van der Waals surface area contributed by atoms with E-state index in [1.807, 2.05) is 0 Å². The molecule has 0 saturated carbocycles. The number of carbonyl (C=O) groups excluding carboxylic acids is 2. The Labute approximate surface area is 91.2 Å². The first-order valence-corrected chi connectivity index (χ1v) is 4.75. The highest BCUT2D eigenvalue weighted by molar-refractivity contribution is 6.31. The molecule has 3 nitrogen and oxygen atoms in total. The maximum absolute atomic E-state index is 13.3. The van der Waals surface area contributed by atoms with Crippen molar-refractivity contribution in [3.05, 3.63) is 29.6 Å². The number of nitrogens with one attached hydrogen (secondary N) is 1. The first kappa shape index (κ1) is 11.7. The van der Waals surface area contributed by atoms with Crippen LogP contribution >= 0.6 is 11.6 Å². The Bertz CT molecular complexity index is 406. The van der Waals surface area contributed by atoms with Gasteiger partial charge in [0.25, 0.3) is 0 Å². The molecule has 0 spiro atoms. The second-order valence-electron chi connectivity index (χ2n) is 2.90. The summed E-state index contributed by atoms with van der Waals surface area (Å²) in [7, 11) is 0. The Morgan fingerprint density at radius 2 is 2.13 bits per heavy atom. The number of alkyl halides is 1. The Morgan fingerprint density at radius 1 is 1.47 bits per heavy atom. The number of halogens is 2. The average Bonchev–Trinajstić information content (AvgIpc) is 2.19. The number of carbonyl (C=O) groups is 2. The Hall–Kier alpha value is -1.42. The summed E-state index contributed by atoms with van der Waals surface area (Å²) in [6, 6.07) is 3.97. The molecular weight excluding hydrogens is 221 g/mol. The summed E-state index contributed by atoms with van der Waals surface area (Å²) < 4.78 is 13.3. The minimum atomic E-state index is -0.652. The van der Waals surface area contributed by atoms with Crippen molar-refractivity contribution >= 4 is 29.0 Å². The molecule has 80 valence electrons. The van der Waals surface area contributed by atoms with E-state index in [0.717, 1.165) is 6.07 Å². The molecule has 0 aliphatic rings. The Kier molecular flexibility index (Phi) is 3.80. The summed E-state index contributed by atoms with van der Waals surface area (Å²) in [4.78, 5) is 22.1. The van der Waals surface area contributed by atoms with Gasteiger partial charge in [0.2, 0.25) is 5.91 Å². The van der Waals surface area contributed by atoms with Crippen molar-refractivity contribution in [3.8, 4) is 0 Å². The molecule has 1 rings (SSSR count). The molecule has 0 radical (unpaired) electrons. The monoisotopic (exact) mass is 229 g/mol. The lowest BCUT2D eigenvalue weighted by Gasteiger charge is -2.08. The highest BCUT2D eigenvalue weighted by Crippen LogP contribution is 2.20. The number of benzene rings is 1. The largest absolute Gasteiger partial charge is 0.323 e. The van der Waals surface area contributed by atoms with Crippen LogP contribution in [0, 0.1) is 5.82 Å². The van der Waals surface area contributed by atoms with Crippen LogP contribution in [-0.4, -0.2) is 17.6 Å². The third kappa shape index (κ3) is 2.76. The number of amides is 1. The van der Waals surface area contributed by atoms with E-state index in [9.17, 15) is 14.0 Å². The molecule has 0 aliphatic heterocycles. The zero-order valence-corrected chi connectivity index (χ0v) is 8.77. The van der Waals surface area contributed by atoms with Gasteiger partial charge < -0.3 is 5.32 Å². The molecule has 0 aliphatic carbocycles. The van der Waals surface area contributed by atoms with Gasteiger partial charge in [0.05, 0.1) is 11.6 Å². The third-order valence-corrected chi connectivity index (χ3v) is 1.98. The van der Waals surface area contributed by atoms with Gasteiger partial charge in [-0.25, -0.2) is 4.39 Å². The van der Waals surface area contributed by atoms with Crippen LogP contribution in [0.15, 0.2) is 18.2 Å². The van der Waals surface area contributed by atoms with Gasteiger partial charge in [-0.05, 0) is 12.1 Å². The van der Waals surface area contributed by atoms with Crippen molar-refractivity contribution in [1.29, 1.82) is 0 Å². The molecule has 1 N–H and O–H groups in total. The predicted octanol–water partition coefficient (Wildman–Crippen LogP) is 2.21. The zero-order valence-electron chi connectivity index (χ0n) is 8.01. The van der Waals surface area contributed by atoms with E-state index in [-0.39, 0.29) is 17.1 Å². The second kappa shape index (κ2) is 4.89. The van der Waals surface area contributed by atoms with Gasteiger partial charge in [-0.2, -0.15) is 0 Å². The number of ketones is 1. The minimum absolute atomic E-state index is 0.0835. The predicted molar refractivity (Wildman–Crippen MR) is 55.8 cm³/mol. The van der Waals surface area contributed by atoms with Crippen molar-refractivity contribution in [1.82, 2.24) is 0 Å². The maximum Gasteiger partial charge on any atom is 0.221 e. The Morgan fingerprint density at radius 3 is 2.67 bits per heavy atom. The smallest absolute Gasteiger partial charge is 0.221 e. The van der Waals surface area contributed by atoms with Crippen LogP contribution in [0.4, 0.5) is 10.1 Å². The summed E-state index contributed by atoms with van der Waals surface area (Å²) >= 11 is 5.36. The Balaban J connectivity index is 3.19. The van der Waals surface area contributed by atoms with Crippen molar-refractivity contribution in [2.24, 2.45) is 0 Å². The van der Waals surface area contributed by atoms with E-state index in [1.165, 1.54) is 19.1 Å². The maximum atomic E-state index is 13.3. The van der Waals surface area contributed by atoms with Crippen LogP contribution < -0.4 is 5.32 Å². The first-order chi connectivity index (χ1) is 7.06. The van der Waals surface area contributed by atoms with Gasteiger partial charge in [-0.3, -0.25) is 9.59 Å². The molecular formula is C10H9ClFNO2. The summed E-state index contributed by atoms with van der Waals surface area (Å²) in [5.74, 6) is -1.78. The van der Waals surface area contributed by atoms with Crippen LogP contribution in [0.5, 0.6) is 0 Å². The molecule has 5 heteroatoms. The van der Waals surface area contributed by atoms with Crippen molar-refractivity contribution in [2.75, 3.05) is 11.2 Å². The third-order valence-electron chi connectivity index (χ3n) is 1.74. The fraction of sp³-hybridized carbons (Fsp3) is 0.200. The number of Topliss-reactive ketones (excluding diaryl/α,β-unsaturated/α-hetero) is 1. The second-order valence-corrected chi connectivity index (χ2v) is 3.17. The number of hydrogen-bond donors (Lipinski definition) is 1. The van der Waals surface area contributed by atoms with Gasteiger partial charge in [0.1, 0.15) is 5.82 Å². The van der Waals surface area contributed by atoms with Crippen LogP contribution in [0.2, 0.25) is 0 Å². The summed E-state index contributed by atoms with van der Waals surface area (Å²) in [5, 5.41) is 2.26. The minimum Gasteiger partial charge on any atom is -0.323 e. The van der Waals surface area contributed by atoms with E-state index in [1.54, 1.807) is 0 Å². The molecule has 1 amide bonds. The van der Waals surface area contributed by atoms with Crippen molar-refractivity contribution < 1.29 is 14.0 Å². The summed E-state index contributed by atoms with van der Waals surface area (Å²) in [6.07, 6.45) is 0. The highest BCUT2D eigenvalue weighted by Gasteiger charge is 2.14. The van der Waals surface area contributed by atoms with Gasteiger partial charge in [-0.15, -0.1) is 11.6 Å². The number of hydrogen-bond acceptors (Lipinski definition) is 2. The average molecular weight is 230 g/mol. The normalized spacial score (nSPS) is 9.80. The molecule has 0 fully saturated rings. The standard InChI is InChI=1S/C10H9ClFNO2/c1-6(14)13-10-7(9(15)5-11)3-2-4-8(10)12/h2-4H,5H2,1H3,(H,13,14). The van der Waals surface area contributed by atoms with E-state index in [4.69, 9.17) is 11.6 Å². The van der Waals surface area contributed by atoms with Gasteiger partial charge in [0, 0.05) is 12.5 Å². The summed E-state index contributed by atoms with van der Waals surface area (Å²) in [6.45, 7) is 1.24. The van der Waals surface area contributed by atoms with E-state index >= 15 is 0 Å². The number of para-hydroxylation sites is 1. The molecule has 15 heavy (non-hydrogen) atoms. The van der Waals surface area contributed by atoms with Crippen LogP contribution in [0.25, 0.3) is 0 Å². The molecule has 0 heterocycles. The molecule has 0 saturated heterocycles. The molecule has 0 bridgehead atoms. The fourth-order valence-corrected chi connectivity index (χ4v) is 1.28. The fourth-order valence-electron chi connectivity index (χ4n) is 1.13. The van der Waals surface area contributed by atoms with Crippen LogP contribution in [-0.2, 0) is 4.79 Å². The molecule has 1 aromatic rings. The molecule has 1 aromatic carbocycles. The zero-order chi connectivity index (χ0) is 11.4. The summed E-state index contributed by atoms with van der Waals surface area (Å²) in [5.41, 5.74) is -0.0316. The van der Waals surface area contributed by atoms with E-state index in [0.29, 0.717) is 0 Å². The molecule has 0 unspecified atom stereocenters. The van der Waals surface area contributed by atoms with Crippen LogP contribution in [0.3, 0.4) is 0 Å². The van der Waals surface area contributed by atoms with Crippen LogP contribution in [0.1, 0.15) is 17.3 Å². The highest BCUT2D eigenvalue weighted by atomic mass is 35.5. The van der Waals surface area contributed by atoms with Crippen molar-refractivity contribution in [3.63, 3.8) is 0 Å². The van der Waals surface area contributed by atoms with Crippen molar-refractivity contribution in [2.45, 2.75) is 6.92 Å². The molecule has 0 aromatic heterocycles. The SMILES string of the molecule is CC(=O)Nc1c(F)cccc1C(=O)CCl. The number of anilines is 1. The lowest BCUT2D eigenvalue weighted by Crippen LogP contribution is -2.13. The van der Waals surface area contributed by atoms with Gasteiger partial charge in [0.15, 0.2) is 5.78 Å². The molecule has 0 atom stereocenters. The quantitative estimate of drug-likeness (QED) is 0.638. The van der Waals surface area contributed by atoms with E-state index in [2.05, 4.69) is 5.32 Å². The lowest BCUT2D eigenvalue weighted by molar-refractivity contribution is -0.114. The number of rotatable bonds is 3. The van der Waals surface area contributed by atoms with Gasteiger partial charge >= 0.3 is 0 Å². The van der Waals surface area contributed by atoms with E-state index < -0.39 is 17.5 Å². The first-order valence-electron chi connectivity index (χ1n) is 4.21. The topological polar surface area (TPSA) is 46.2 Å². The lowest BCUT2D eigenvalue weighted by atomic mass is 10.1. The van der Waals surface area contributed by atoms with Gasteiger partial charge in [-0.1, -0.05) is 6.07 Å².